The van der Waals surface area contributed by atoms with E-state index in [4.69, 9.17) is 9.05 Å². The summed E-state index contributed by atoms with van der Waals surface area (Å²) in [5.74, 6) is -0.441. The van der Waals surface area contributed by atoms with Gasteiger partial charge in [-0.25, -0.2) is 4.39 Å². The molecule has 0 amide bonds. The molecule has 16 heavy (non-hydrogen) atoms. The third-order valence-electron chi connectivity index (χ3n) is 2.41. The molecule has 4 nitrogen and oxygen atoms in total. The highest BCUT2D eigenvalue weighted by atomic mass is 31.2. The van der Waals surface area contributed by atoms with Crippen molar-refractivity contribution in [3.05, 3.63) is 35.6 Å². The smallest absolute Gasteiger partial charge is 0.365 e. The lowest BCUT2D eigenvalue weighted by atomic mass is 10.1. The molecule has 0 saturated heterocycles. The molecule has 0 aliphatic rings. The maximum absolute atomic E-state index is 12.7. The topological polar surface area (TPSA) is 55.8 Å². The molecular weight excluding hydrogens is 234 g/mol. The minimum atomic E-state index is -3.69. The molecule has 0 aliphatic heterocycles. The number of benzene rings is 1. The number of rotatable bonds is 4. The molecule has 1 aromatic rings. The second-order valence-electron chi connectivity index (χ2n) is 3.39. The van der Waals surface area contributed by atoms with Gasteiger partial charge in [-0.3, -0.25) is 4.57 Å². The highest BCUT2D eigenvalue weighted by Crippen LogP contribution is 2.62. The fourth-order valence-electron chi connectivity index (χ4n) is 1.35. The van der Waals surface area contributed by atoms with Gasteiger partial charge in [0.25, 0.3) is 0 Å². The molecule has 0 saturated carbocycles. The van der Waals surface area contributed by atoms with Gasteiger partial charge in [-0.1, -0.05) is 12.1 Å². The van der Waals surface area contributed by atoms with Gasteiger partial charge in [-0.15, -0.1) is 0 Å². The highest BCUT2D eigenvalue weighted by molar-refractivity contribution is 7.54. The molecule has 0 bridgehead atoms. The summed E-state index contributed by atoms with van der Waals surface area (Å²) < 4.78 is 34.2. The van der Waals surface area contributed by atoms with Crippen LogP contribution in [0.1, 0.15) is 12.5 Å². The Morgan fingerprint density at radius 2 is 1.69 bits per heavy atom. The van der Waals surface area contributed by atoms with Gasteiger partial charge in [0.2, 0.25) is 0 Å². The number of hydrogen-bond acceptors (Lipinski definition) is 4. The third kappa shape index (κ3) is 2.18. The van der Waals surface area contributed by atoms with Crippen LogP contribution in [0.25, 0.3) is 0 Å². The van der Waals surface area contributed by atoms with Crippen molar-refractivity contribution in [3.63, 3.8) is 0 Å². The SMILES string of the molecule is COP(=O)(OC)[C@@](C)(O)c1ccc(F)cc1. The average Bonchev–Trinajstić information content (AvgIpc) is 2.28. The summed E-state index contributed by atoms with van der Waals surface area (Å²) in [5.41, 5.74) is 0.265. The average molecular weight is 248 g/mol. The van der Waals surface area contributed by atoms with Crippen molar-refractivity contribution in [1.82, 2.24) is 0 Å². The van der Waals surface area contributed by atoms with Gasteiger partial charge in [-0.2, -0.15) is 0 Å². The van der Waals surface area contributed by atoms with E-state index in [0.717, 1.165) is 0 Å². The van der Waals surface area contributed by atoms with Crippen LogP contribution >= 0.6 is 7.60 Å². The monoisotopic (exact) mass is 248 g/mol. The molecule has 0 fully saturated rings. The Balaban J connectivity index is 3.19. The molecule has 0 aromatic heterocycles. The Kier molecular flexibility index (Phi) is 3.86. The molecule has 1 rings (SSSR count). The van der Waals surface area contributed by atoms with Crippen LogP contribution in [0.5, 0.6) is 0 Å². The van der Waals surface area contributed by atoms with Gasteiger partial charge in [0, 0.05) is 14.2 Å². The Bertz CT molecular complexity index is 394. The van der Waals surface area contributed by atoms with Gasteiger partial charge >= 0.3 is 7.60 Å². The van der Waals surface area contributed by atoms with Crippen molar-refractivity contribution in [3.8, 4) is 0 Å². The Morgan fingerprint density at radius 3 is 2.06 bits per heavy atom. The standard InChI is InChI=1S/C10H14FO4P/c1-10(12,16(13,14-2)15-3)8-4-6-9(11)7-5-8/h4-7,12H,1-3H3/t10-/m1/s1. The summed E-state index contributed by atoms with van der Waals surface area (Å²) >= 11 is 0. The minimum absolute atomic E-state index is 0.265. The van der Waals surface area contributed by atoms with E-state index in [1.54, 1.807) is 0 Å². The van der Waals surface area contributed by atoms with E-state index in [2.05, 4.69) is 0 Å². The van der Waals surface area contributed by atoms with E-state index in [1.807, 2.05) is 0 Å². The molecule has 0 radical (unpaired) electrons. The van der Waals surface area contributed by atoms with Crippen LogP contribution in [0.4, 0.5) is 4.39 Å². The van der Waals surface area contributed by atoms with E-state index in [0.29, 0.717) is 0 Å². The zero-order valence-electron chi connectivity index (χ0n) is 9.31. The van der Waals surface area contributed by atoms with Crippen LogP contribution in [0.2, 0.25) is 0 Å². The second kappa shape index (κ2) is 4.63. The molecular formula is C10H14FO4P. The number of halogens is 1. The van der Waals surface area contributed by atoms with E-state index in [9.17, 15) is 14.1 Å². The van der Waals surface area contributed by atoms with Crippen LogP contribution in [0, 0.1) is 5.82 Å². The van der Waals surface area contributed by atoms with Crippen LogP contribution in [-0.4, -0.2) is 19.3 Å². The maximum Gasteiger partial charge on any atom is 0.365 e. The third-order valence-corrected chi connectivity index (χ3v) is 4.69. The largest absolute Gasteiger partial charge is 0.373 e. The second-order valence-corrected chi connectivity index (χ2v) is 5.99. The van der Waals surface area contributed by atoms with Crippen molar-refractivity contribution < 1.29 is 23.1 Å². The molecule has 90 valence electrons. The van der Waals surface area contributed by atoms with E-state index >= 15 is 0 Å². The van der Waals surface area contributed by atoms with Crippen LogP contribution < -0.4 is 0 Å². The Labute approximate surface area is 93.5 Å². The fraction of sp³-hybridized carbons (Fsp3) is 0.400. The first kappa shape index (κ1) is 13.3. The molecule has 6 heteroatoms. The van der Waals surface area contributed by atoms with Gasteiger partial charge in [0.05, 0.1) is 0 Å². The number of hydrogen-bond donors (Lipinski definition) is 1. The van der Waals surface area contributed by atoms with Crippen LogP contribution in [0.3, 0.4) is 0 Å². The highest BCUT2D eigenvalue weighted by Gasteiger charge is 2.46. The fourth-order valence-corrected chi connectivity index (χ4v) is 2.68. The molecule has 0 aliphatic carbocycles. The van der Waals surface area contributed by atoms with Gasteiger partial charge in [0.1, 0.15) is 5.82 Å². The molecule has 1 aromatic carbocycles. The van der Waals surface area contributed by atoms with Crippen molar-refractivity contribution >= 4 is 7.60 Å². The molecule has 0 spiro atoms. The van der Waals surface area contributed by atoms with E-state index in [-0.39, 0.29) is 5.56 Å². The number of aliphatic hydroxyl groups is 1. The predicted molar refractivity (Wildman–Crippen MR) is 57.6 cm³/mol. The lowest BCUT2D eigenvalue weighted by Crippen LogP contribution is -2.23. The van der Waals surface area contributed by atoms with Crippen LogP contribution in [0.15, 0.2) is 24.3 Å². The molecule has 1 atom stereocenters. The summed E-state index contributed by atoms with van der Waals surface area (Å²) in [5, 5.41) is 8.34. The molecule has 0 unspecified atom stereocenters. The summed E-state index contributed by atoms with van der Waals surface area (Å²) in [7, 11) is -1.32. The zero-order valence-corrected chi connectivity index (χ0v) is 10.2. The van der Waals surface area contributed by atoms with E-state index < -0.39 is 18.8 Å². The summed E-state index contributed by atoms with van der Waals surface area (Å²) in [4.78, 5) is 0. The first-order valence-corrected chi connectivity index (χ1v) is 6.11. The normalized spacial score (nSPS) is 15.8. The van der Waals surface area contributed by atoms with Crippen molar-refractivity contribution in [2.75, 3.05) is 14.2 Å². The van der Waals surface area contributed by atoms with Gasteiger partial charge < -0.3 is 14.2 Å². The summed E-state index contributed by atoms with van der Waals surface area (Å²) in [6.07, 6.45) is 0. The van der Waals surface area contributed by atoms with E-state index in [1.165, 1.54) is 45.4 Å². The summed E-state index contributed by atoms with van der Waals surface area (Å²) in [6.45, 7) is 1.30. The minimum Gasteiger partial charge on any atom is -0.373 e. The van der Waals surface area contributed by atoms with Gasteiger partial charge in [0.15, 0.2) is 5.34 Å². The maximum atomic E-state index is 12.7. The zero-order chi connectivity index (χ0) is 12.4. The first-order valence-electron chi connectivity index (χ1n) is 4.57. The Morgan fingerprint density at radius 1 is 1.25 bits per heavy atom. The van der Waals surface area contributed by atoms with Crippen molar-refractivity contribution in [1.29, 1.82) is 0 Å². The van der Waals surface area contributed by atoms with Crippen LogP contribution in [-0.2, 0) is 19.0 Å². The Hall–Kier alpha value is -0.740. The predicted octanol–water partition coefficient (Wildman–Crippen LogP) is 2.48. The lowest BCUT2D eigenvalue weighted by molar-refractivity contribution is 0.0931. The summed E-state index contributed by atoms with van der Waals surface area (Å²) in [6, 6.07) is 5.00. The van der Waals surface area contributed by atoms with Crippen molar-refractivity contribution in [2.45, 2.75) is 12.3 Å². The first-order chi connectivity index (χ1) is 7.37. The van der Waals surface area contributed by atoms with Crippen molar-refractivity contribution in [2.24, 2.45) is 0 Å². The lowest BCUT2D eigenvalue weighted by Gasteiger charge is -2.29. The quantitative estimate of drug-likeness (QED) is 0.831. The van der Waals surface area contributed by atoms with Gasteiger partial charge in [-0.05, 0) is 24.6 Å². The molecule has 1 N–H and O–H groups in total. The molecule has 0 heterocycles.